The molecule has 1 saturated heterocycles. The summed E-state index contributed by atoms with van der Waals surface area (Å²) in [6.45, 7) is 3.88. The Morgan fingerprint density at radius 1 is 1.20 bits per heavy atom. The fourth-order valence-electron chi connectivity index (χ4n) is 3.48. The van der Waals surface area contributed by atoms with E-state index in [1.807, 2.05) is 11.8 Å². The zero-order chi connectivity index (χ0) is 21.3. The van der Waals surface area contributed by atoms with Crippen molar-refractivity contribution in [2.24, 2.45) is 0 Å². The maximum atomic E-state index is 13.1. The topological polar surface area (TPSA) is 49.3 Å². The van der Waals surface area contributed by atoms with Crippen molar-refractivity contribution in [3.8, 4) is 0 Å². The van der Waals surface area contributed by atoms with Gasteiger partial charge in [0.15, 0.2) is 0 Å². The number of amides is 1. The lowest BCUT2D eigenvalue weighted by Crippen LogP contribution is -2.54. The zero-order valence-electron chi connectivity index (χ0n) is 16.2. The zero-order valence-corrected chi connectivity index (χ0v) is 18.5. The molecule has 1 atom stereocenters. The highest BCUT2D eigenvalue weighted by Crippen LogP contribution is 2.26. The molecule has 0 radical (unpaired) electrons. The third-order valence-electron chi connectivity index (χ3n) is 5.05. The van der Waals surface area contributed by atoms with Crippen LogP contribution >= 0.6 is 34.7 Å². The summed E-state index contributed by atoms with van der Waals surface area (Å²) in [5, 5.41) is 1.69. The molecular weight excluding hydrogens is 446 g/mol. The van der Waals surface area contributed by atoms with E-state index in [0.717, 1.165) is 10.7 Å². The summed E-state index contributed by atoms with van der Waals surface area (Å²) in [4.78, 5) is 21.6. The van der Waals surface area contributed by atoms with Gasteiger partial charge in [0, 0.05) is 48.7 Å². The molecule has 2 heterocycles. The summed E-state index contributed by atoms with van der Waals surface area (Å²) in [7, 11) is 0. The first-order valence-electron chi connectivity index (χ1n) is 9.48. The Bertz CT molecular complexity index is 1060. The average molecular weight is 465 g/mol. The molecule has 0 aliphatic carbocycles. The van der Waals surface area contributed by atoms with Gasteiger partial charge in [-0.1, -0.05) is 35.3 Å². The molecule has 1 aromatic heterocycles. The SMILES string of the molecule is CC1CN(c2nc(Cc3ccc(F)cc3)ns2)CCN1C(=O)c1ccc(Cl)cc1Cl. The Balaban J connectivity index is 1.41. The number of benzene rings is 2. The van der Waals surface area contributed by atoms with Gasteiger partial charge in [0.25, 0.3) is 5.91 Å². The van der Waals surface area contributed by atoms with Crippen molar-refractivity contribution in [3.63, 3.8) is 0 Å². The molecule has 9 heteroatoms. The van der Waals surface area contributed by atoms with Crippen LogP contribution in [0.4, 0.5) is 9.52 Å². The van der Waals surface area contributed by atoms with Crippen molar-refractivity contribution < 1.29 is 9.18 Å². The Morgan fingerprint density at radius 2 is 1.97 bits per heavy atom. The van der Waals surface area contributed by atoms with Crippen LogP contribution < -0.4 is 4.90 Å². The highest BCUT2D eigenvalue weighted by molar-refractivity contribution is 7.09. The molecule has 156 valence electrons. The molecule has 2 aromatic carbocycles. The third-order valence-corrected chi connectivity index (χ3v) is 6.42. The predicted molar refractivity (Wildman–Crippen MR) is 118 cm³/mol. The van der Waals surface area contributed by atoms with Crippen molar-refractivity contribution in [1.82, 2.24) is 14.3 Å². The first kappa shape index (κ1) is 21.0. The normalized spacial score (nSPS) is 16.7. The summed E-state index contributed by atoms with van der Waals surface area (Å²) in [5.74, 6) is 0.353. The van der Waals surface area contributed by atoms with E-state index < -0.39 is 0 Å². The van der Waals surface area contributed by atoms with Crippen molar-refractivity contribution in [3.05, 3.63) is 75.3 Å². The fourth-order valence-corrected chi connectivity index (χ4v) is 4.69. The number of halogens is 3. The highest BCUT2D eigenvalue weighted by Gasteiger charge is 2.30. The van der Waals surface area contributed by atoms with Crippen LogP contribution in [-0.2, 0) is 6.42 Å². The van der Waals surface area contributed by atoms with Crippen molar-refractivity contribution in [2.45, 2.75) is 19.4 Å². The second-order valence-electron chi connectivity index (χ2n) is 7.21. The van der Waals surface area contributed by atoms with Gasteiger partial charge in [-0.05, 0) is 42.8 Å². The largest absolute Gasteiger partial charge is 0.343 e. The quantitative estimate of drug-likeness (QED) is 0.549. The monoisotopic (exact) mass is 464 g/mol. The molecule has 30 heavy (non-hydrogen) atoms. The van der Waals surface area contributed by atoms with E-state index in [0.29, 0.717) is 47.5 Å². The van der Waals surface area contributed by atoms with E-state index in [2.05, 4.69) is 14.3 Å². The van der Waals surface area contributed by atoms with Gasteiger partial charge >= 0.3 is 0 Å². The van der Waals surface area contributed by atoms with Gasteiger partial charge in [-0.25, -0.2) is 9.37 Å². The number of anilines is 1. The lowest BCUT2D eigenvalue weighted by molar-refractivity contribution is 0.0674. The number of hydrogen-bond acceptors (Lipinski definition) is 5. The summed E-state index contributed by atoms with van der Waals surface area (Å²) >= 11 is 13.5. The minimum Gasteiger partial charge on any atom is -0.343 e. The molecule has 1 unspecified atom stereocenters. The molecule has 1 fully saturated rings. The minimum atomic E-state index is -0.257. The molecule has 4 rings (SSSR count). The number of carbonyl (C=O) groups is 1. The molecule has 0 N–H and O–H groups in total. The molecule has 0 spiro atoms. The van der Waals surface area contributed by atoms with E-state index in [-0.39, 0.29) is 17.8 Å². The van der Waals surface area contributed by atoms with Gasteiger partial charge in [0.2, 0.25) is 5.13 Å². The molecule has 5 nitrogen and oxygen atoms in total. The smallest absolute Gasteiger partial charge is 0.255 e. The van der Waals surface area contributed by atoms with Crippen molar-refractivity contribution >= 4 is 45.8 Å². The number of piperazine rings is 1. The minimum absolute atomic E-state index is 0.0116. The second-order valence-corrected chi connectivity index (χ2v) is 8.79. The van der Waals surface area contributed by atoms with E-state index >= 15 is 0 Å². The van der Waals surface area contributed by atoms with E-state index in [9.17, 15) is 9.18 Å². The number of carbonyl (C=O) groups excluding carboxylic acids is 1. The predicted octanol–water partition coefficient (Wildman–Crippen LogP) is 4.93. The standard InChI is InChI=1S/C21H19Cl2FN4OS/c1-13-12-27(8-9-28(13)20(29)17-7-4-15(22)11-18(17)23)21-25-19(26-30-21)10-14-2-5-16(24)6-3-14/h2-7,11,13H,8-10,12H2,1H3. The van der Waals surface area contributed by atoms with Gasteiger partial charge in [-0.15, -0.1) is 0 Å². The maximum Gasteiger partial charge on any atom is 0.255 e. The van der Waals surface area contributed by atoms with Crippen LogP contribution in [0.25, 0.3) is 0 Å². The lowest BCUT2D eigenvalue weighted by Gasteiger charge is -2.39. The van der Waals surface area contributed by atoms with Gasteiger partial charge in [0.1, 0.15) is 11.6 Å². The third kappa shape index (κ3) is 4.58. The maximum absolute atomic E-state index is 13.1. The van der Waals surface area contributed by atoms with Crippen LogP contribution in [0.15, 0.2) is 42.5 Å². The number of rotatable bonds is 4. The molecule has 1 aliphatic heterocycles. The van der Waals surface area contributed by atoms with Gasteiger partial charge in [-0.2, -0.15) is 4.37 Å². The fraction of sp³-hybridized carbons (Fsp3) is 0.286. The van der Waals surface area contributed by atoms with E-state index in [1.54, 1.807) is 30.3 Å². The van der Waals surface area contributed by atoms with Crippen LogP contribution in [-0.4, -0.2) is 45.8 Å². The number of aromatic nitrogens is 2. The van der Waals surface area contributed by atoms with Gasteiger partial charge in [0.05, 0.1) is 10.6 Å². The first-order chi connectivity index (χ1) is 14.4. The summed E-state index contributed by atoms with van der Waals surface area (Å²) in [6, 6.07) is 11.3. The van der Waals surface area contributed by atoms with Crippen molar-refractivity contribution in [2.75, 3.05) is 24.5 Å². The highest BCUT2D eigenvalue weighted by atomic mass is 35.5. The van der Waals surface area contributed by atoms with Crippen LogP contribution in [0.3, 0.4) is 0 Å². The van der Waals surface area contributed by atoms with E-state index in [4.69, 9.17) is 23.2 Å². The van der Waals surface area contributed by atoms with Gasteiger partial charge in [-0.3, -0.25) is 4.79 Å². The summed E-state index contributed by atoms with van der Waals surface area (Å²) in [5.41, 5.74) is 1.42. The van der Waals surface area contributed by atoms with Crippen LogP contribution in [0, 0.1) is 5.82 Å². The number of nitrogens with zero attached hydrogens (tertiary/aromatic N) is 4. The second kappa shape index (κ2) is 8.88. The average Bonchev–Trinajstić information content (AvgIpc) is 3.18. The molecule has 0 saturated carbocycles. The molecular formula is C21H19Cl2FN4OS. The van der Waals surface area contributed by atoms with E-state index in [1.165, 1.54) is 23.7 Å². The van der Waals surface area contributed by atoms with Gasteiger partial charge < -0.3 is 9.80 Å². The van der Waals surface area contributed by atoms with Crippen molar-refractivity contribution in [1.29, 1.82) is 0 Å². The lowest BCUT2D eigenvalue weighted by atomic mass is 10.1. The molecule has 3 aromatic rings. The Hall–Kier alpha value is -2.22. The molecule has 0 bridgehead atoms. The molecule has 1 aliphatic rings. The number of hydrogen-bond donors (Lipinski definition) is 0. The Morgan fingerprint density at radius 3 is 2.67 bits per heavy atom. The summed E-state index contributed by atoms with van der Waals surface area (Å²) in [6.07, 6.45) is 0.555. The van der Waals surface area contributed by atoms with Crippen LogP contribution in [0.2, 0.25) is 10.0 Å². The Kier molecular flexibility index (Phi) is 6.22. The molecule has 1 amide bonds. The van der Waals surface area contributed by atoms with Crippen LogP contribution in [0.5, 0.6) is 0 Å². The van der Waals surface area contributed by atoms with Crippen LogP contribution in [0.1, 0.15) is 28.7 Å². The summed E-state index contributed by atoms with van der Waals surface area (Å²) < 4.78 is 17.5. The first-order valence-corrected chi connectivity index (χ1v) is 11.0. The Labute approximate surface area is 188 Å².